The molecule has 1 atom stereocenters. The van der Waals surface area contributed by atoms with Crippen molar-refractivity contribution in [1.82, 2.24) is 25.1 Å². The molecule has 1 N–H and O–H groups in total. The molecule has 8 nitrogen and oxygen atoms in total. The lowest BCUT2D eigenvalue weighted by Crippen LogP contribution is -2.50. The van der Waals surface area contributed by atoms with Crippen LogP contribution in [-0.4, -0.2) is 71.6 Å². The lowest BCUT2D eigenvalue weighted by Gasteiger charge is -2.44. The lowest BCUT2D eigenvalue weighted by molar-refractivity contribution is 0.0555. The first-order valence-electron chi connectivity index (χ1n) is 9.16. The van der Waals surface area contributed by atoms with Crippen molar-refractivity contribution < 1.29 is 9.47 Å². The topological polar surface area (TPSA) is 79.4 Å². The number of anilines is 1. The van der Waals surface area contributed by atoms with Crippen molar-refractivity contribution in [3.05, 3.63) is 30.4 Å². The van der Waals surface area contributed by atoms with Crippen LogP contribution >= 0.6 is 0 Å². The fourth-order valence-electron chi connectivity index (χ4n) is 4.09. The monoisotopic (exact) mass is 358 g/mol. The van der Waals surface area contributed by atoms with E-state index in [4.69, 9.17) is 9.47 Å². The Kier molecular flexibility index (Phi) is 5.03. The van der Waals surface area contributed by atoms with Crippen LogP contribution in [0.2, 0.25) is 0 Å². The molecule has 4 heterocycles. The van der Waals surface area contributed by atoms with Gasteiger partial charge in [0.15, 0.2) is 0 Å². The van der Waals surface area contributed by atoms with Crippen molar-refractivity contribution in [3.8, 4) is 5.88 Å². The molecule has 140 valence electrons. The molecular weight excluding hydrogens is 332 g/mol. The number of piperidine rings is 1. The molecule has 2 saturated heterocycles. The average molecular weight is 358 g/mol. The van der Waals surface area contributed by atoms with Crippen LogP contribution in [0.3, 0.4) is 0 Å². The highest BCUT2D eigenvalue weighted by atomic mass is 16.5. The highest BCUT2D eigenvalue weighted by molar-refractivity contribution is 5.41. The maximum atomic E-state index is 6.01. The molecule has 0 aromatic carbocycles. The number of aromatic nitrogens is 4. The smallest absolute Gasteiger partial charge is 0.218 e. The maximum absolute atomic E-state index is 6.01. The number of rotatable bonds is 4. The highest BCUT2D eigenvalue weighted by Gasteiger charge is 2.39. The van der Waals surface area contributed by atoms with Gasteiger partial charge in [0.25, 0.3) is 0 Å². The summed E-state index contributed by atoms with van der Waals surface area (Å²) in [6, 6.07) is 3.96. The number of hydrogen-bond donors (Lipinski definition) is 1. The predicted molar refractivity (Wildman–Crippen MR) is 97.1 cm³/mol. The fraction of sp³-hybridized carbons (Fsp3) is 0.611. The molecule has 2 aliphatic rings. The highest BCUT2D eigenvalue weighted by Crippen LogP contribution is 2.35. The van der Waals surface area contributed by atoms with Gasteiger partial charge in [0.1, 0.15) is 12.1 Å². The number of methoxy groups -OCH3 is 1. The molecule has 0 saturated carbocycles. The Morgan fingerprint density at radius 3 is 3.12 bits per heavy atom. The number of nitrogens with one attached hydrogen (secondary N) is 1. The molecule has 4 rings (SSSR count). The largest absolute Gasteiger partial charge is 0.481 e. The number of ether oxygens (including phenoxy) is 2. The van der Waals surface area contributed by atoms with E-state index in [1.54, 1.807) is 13.4 Å². The van der Waals surface area contributed by atoms with Crippen LogP contribution in [0.25, 0.3) is 0 Å². The van der Waals surface area contributed by atoms with Crippen molar-refractivity contribution in [3.63, 3.8) is 0 Å². The molecule has 2 aromatic heterocycles. The van der Waals surface area contributed by atoms with E-state index in [1.807, 2.05) is 18.3 Å². The second-order valence-corrected chi connectivity index (χ2v) is 7.29. The second kappa shape index (κ2) is 7.59. The van der Waals surface area contributed by atoms with Gasteiger partial charge in [-0.3, -0.25) is 10.00 Å². The molecule has 0 aliphatic carbocycles. The summed E-state index contributed by atoms with van der Waals surface area (Å²) in [5, 5.41) is 7.14. The van der Waals surface area contributed by atoms with Gasteiger partial charge in [-0.05, 0) is 18.9 Å². The van der Waals surface area contributed by atoms with Crippen molar-refractivity contribution in [2.45, 2.75) is 19.4 Å². The van der Waals surface area contributed by atoms with Gasteiger partial charge in [0.2, 0.25) is 5.88 Å². The normalized spacial score (nSPS) is 24.6. The molecule has 0 bridgehead atoms. The Morgan fingerprint density at radius 1 is 1.31 bits per heavy atom. The number of aromatic amines is 1. The minimum atomic E-state index is 0.118. The first-order chi connectivity index (χ1) is 12.8. The van der Waals surface area contributed by atoms with Gasteiger partial charge in [-0.15, -0.1) is 0 Å². The van der Waals surface area contributed by atoms with Gasteiger partial charge in [0.05, 0.1) is 20.3 Å². The molecule has 0 radical (unpaired) electrons. The van der Waals surface area contributed by atoms with E-state index in [9.17, 15) is 0 Å². The van der Waals surface area contributed by atoms with Crippen LogP contribution in [0.1, 0.15) is 18.5 Å². The summed E-state index contributed by atoms with van der Waals surface area (Å²) in [6.45, 7) is 6.36. The van der Waals surface area contributed by atoms with Gasteiger partial charge in [-0.2, -0.15) is 5.10 Å². The third-order valence-corrected chi connectivity index (χ3v) is 5.29. The van der Waals surface area contributed by atoms with E-state index in [2.05, 4.69) is 30.0 Å². The van der Waals surface area contributed by atoms with E-state index in [-0.39, 0.29) is 5.41 Å². The molecule has 2 aliphatic heterocycles. The minimum absolute atomic E-state index is 0.118. The van der Waals surface area contributed by atoms with Crippen LogP contribution < -0.4 is 9.64 Å². The molecule has 2 fully saturated rings. The third kappa shape index (κ3) is 3.81. The van der Waals surface area contributed by atoms with Gasteiger partial charge in [-0.25, -0.2) is 9.97 Å². The van der Waals surface area contributed by atoms with Gasteiger partial charge in [0, 0.05) is 56.1 Å². The van der Waals surface area contributed by atoms with Crippen LogP contribution in [0.5, 0.6) is 5.88 Å². The van der Waals surface area contributed by atoms with Gasteiger partial charge < -0.3 is 14.4 Å². The maximum Gasteiger partial charge on any atom is 0.218 e. The molecule has 26 heavy (non-hydrogen) atoms. The molecular formula is C18H26N6O2. The molecule has 0 amide bonds. The van der Waals surface area contributed by atoms with Crippen LogP contribution in [0.4, 0.5) is 5.82 Å². The summed E-state index contributed by atoms with van der Waals surface area (Å²) in [7, 11) is 1.64. The van der Waals surface area contributed by atoms with Gasteiger partial charge >= 0.3 is 0 Å². The number of H-pyrrole nitrogens is 1. The summed E-state index contributed by atoms with van der Waals surface area (Å²) < 4.78 is 11.3. The van der Waals surface area contributed by atoms with E-state index in [0.29, 0.717) is 5.88 Å². The Hall–Kier alpha value is -2.19. The first-order valence-corrected chi connectivity index (χ1v) is 9.16. The number of nitrogens with zero attached hydrogens (tertiary/aromatic N) is 5. The van der Waals surface area contributed by atoms with Crippen molar-refractivity contribution in [2.75, 3.05) is 51.4 Å². The van der Waals surface area contributed by atoms with Crippen molar-refractivity contribution in [1.29, 1.82) is 0 Å². The van der Waals surface area contributed by atoms with Crippen LogP contribution in [0.15, 0.2) is 24.7 Å². The zero-order valence-electron chi connectivity index (χ0n) is 15.2. The van der Waals surface area contributed by atoms with E-state index >= 15 is 0 Å². The lowest BCUT2D eigenvalue weighted by atomic mass is 9.80. The average Bonchev–Trinajstić information content (AvgIpc) is 3.11. The summed E-state index contributed by atoms with van der Waals surface area (Å²) in [6.07, 6.45) is 5.69. The van der Waals surface area contributed by atoms with E-state index in [0.717, 1.165) is 63.9 Å². The second-order valence-electron chi connectivity index (χ2n) is 7.29. The molecule has 1 spiro atoms. The fourth-order valence-corrected chi connectivity index (χ4v) is 4.09. The van der Waals surface area contributed by atoms with Crippen LogP contribution in [-0.2, 0) is 11.3 Å². The Bertz CT molecular complexity index is 709. The summed E-state index contributed by atoms with van der Waals surface area (Å²) >= 11 is 0. The third-order valence-electron chi connectivity index (χ3n) is 5.29. The Balaban J connectivity index is 1.50. The standard InChI is InChI=1S/C18H26N6O2/c1-25-17-9-16(19-14-20-17)24-6-2-4-18(12-24)11-23(7-8-26-13-18)10-15-3-5-21-22-15/h3,5,9,14H,2,4,6-8,10-13H2,1H3,(H,21,22). The Labute approximate surface area is 153 Å². The summed E-state index contributed by atoms with van der Waals surface area (Å²) in [5.74, 6) is 1.54. The van der Waals surface area contributed by atoms with Gasteiger partial charge in [-0.1, -0.05) is 0 Å². The Morgan fingerprint density at radius 2 is 2.27 bits per heavy atom. The quantitative estimate of drug-likeness (QED) is 0.883. The van der Waals surface area contributed by atoms with E-state index in [1.165, 1.54) is 6.42 Å². The van der Waals surface area contributed by atoms with Crippen LogP contribution in [0, 0.1) is 5.41 Å². The van der Waals surface area contributed by atoms with Crippen molar-refractivity contribution >= 4 is 5.82 Å². The molecule has 2 aromatic rings. The summed E-state index contributed by atoms with van der Waals surface area (Å²) in [5.41, 5.74) is 1.27. The molecule has 8 heteroatoms. The van der Waals surface area contributed by atoms with E-state index < -0.39 is 0 Å². The number of hydrogen-bond acceptors (Lipinski definition) is 7. The van der Waals surface area contributed by atoms with Crippen molar-refractivity contribution in [2.24, 2.45) is 5.41 Å². The zero-order chi connectivity index (χ0) is 17.8. The SMILES string of the molecule is COc1cc(N2CCCC3(COCCN(Cc4ccn[nH]4)C3)C2)ncn1. The molecule has 1 unspecified atom stereocenters. The zero-order valence-corrected chi connectivity index (χ0v) is 15.2. The minimum Gasteiger partial charge on any atom is -0.481 e. The summed E-state index contributed by atoms with van der Waals surface area (Å²) in [4.78, 5) is 13.4. The first kappa shape index (κ1) is 17.2. The predicted octanol–water partition coefficient (Wildman–Crippen LogP) is 1.33.